The molecule has 6 heteroatoms. The molecule has 1 aromatic carbocycles. The first kappa shape index (κ1) is 13.3. The van der Waals surface area contributed by atoms with E-state index in [0.29, 0.717) is 10.9 Å². The molecule has 0 bridgehead atoms. The fraction of sp³-hybridized carbons (Fsp3) is 0.273. The average Bonchev–Trinajstić information content (AvgIpc) is 2.31. The van der Waals surface area contributed by atoms with Gasteiger partial charge in [0.1, 0.15) is 0 Å². The van der Waals surface area contributed by atoms with Crippen LogP contribution in [0.5, 0.6) is 0 Å². The van der Waals surface area contributed by atoms with E-state index in [0.717, 1.165) is 5.56 Å². The number of nitrogens with one attached hydrogen (secondary N) is 1. The Kier molecular flexibility index (Phi) is 4.78. The van der Waals surface area contributed by atoms with Crippen molar-refractivity contribution in [2.24, 2.45) is 5.16 Å². The van der Waals surface area contributed by atoms with Crippen molar-refractivity contribution in [3.05, 3.63) is 34.9 Å². The van der Waals surface area contributed by atoms with Crippen LogP contribution >= 0.6 is 11.6 Å². The highest BCUT2D eigenvalue weighted by atomic mass is 35.5. The molecule has 1 N–H and O–H groups in total. The summed E-state index contributed by atoms with van der Waals surface area (Å²) in [7, 11) is 5.08. The third kappa shape index (κ3) is 3.96. The highest BCUT2D eigenvalue weighted by Gasteiger charge is 2.08. The van der Waals surface area contributed by atoms with Crippen LogP contribution in [0.15, 0.2) is 29.4 Å². The summed E-state index contributed by atoms with van der Waals surface area (Å²) < 4.78 is 0. The molecule has 1 rings (SSSR count). The standard InChI is InChI=1S/C11H14ClN3O2/c1-13-11(16)17-14-10(15(2)3)8-4-6-9(12)7-5-8/h4-7H,1-3H3,(H,13,16)/b14-10-. The summed E-state index contributed by atoms with van der Waals surface area (Å²) in [6.45, 7) is 0. The van der Waals surface area contributed by atoms with Crippen LogP contribution < -0.4 is 5.32 Å². The maximum atomic E-state index is 10.9. The normalized spacial score (nSPS) is 10.9. The third-order valence-corrected chi connectivity index (χ3v) is 2.20. The van der Waals surface area contributed by atoms with Crippen LogP contribution in [-0.2, 0) is 4.84 Å². The van der Waals surface area contributed by atoms with Crippen molar-refractivity contribution in [3.63, 3.8) is 0 Å². The molecule has 17 heavy (non-hydrogen) atoms. The lowest BCUT2D eigenvalue weighted by atomic mass is 10.2. The lowest BCUT2D eigenvalue weighted by Crippen LogP contribution is -2.25. The number of rotatable bonds is 2. The molecule has 1 aromatic rings. The van der Waals surface area contributed by atoms with E-state index in [2.05, 4.69) is 15.3 Å². The highest BCUT2D eigenvalue weighted by Crippen LogP contribution is 2.11. The lowest BCUT2D eigenvalue weighted by Gasteiger charge is -2.14. The van der Waals surface area contributed by atoms with Crippen LogP contribution in [0.4, 0.5) is 4.79 Å². The van der Waals surface area contributed by atoms with Crippen molar-refractivity contribution in [3.8, 4) is 0 Å². The number of oxime groups is 1. The van der Waals surface area contributed by atoms with Gasteiger partial charge in [-0.05, 0) is 24.3 Å². The Balaban J connectivity index is 2.93. The second-order valence-corrected chi connectivity index (χ2v) is 3.88. The van der Waals surface area contributed by atoms with Crippen molar-refractivity contribution < 1.29 is 9.63 Å². The predicted octanol–water partition coefficient (Wildman–Crippen LogP) is 1.92. The van der Waals surface area contributed by atoms with Gasteiger partial charge in [0.05, 0.1) is 0 Å². The molecule has 92 valence electrons. The van der Waals surface area contributed by atoms with Gasteiger partial charge in [-0.1, -0.05) is 16.8 Å². The van der Waals surface area contributed by atoms with Crippen LogP contribution in [0.2, 0.25) is 5.02 Å². The Morgan fingerprint density at radius 2 is 1.94 bits per heavy atom. The van der Waals surface area contributed by atoms with Gasteiger partial charge >= 0.3 is 6.09 Å². The van der Waals surface area contributed by atoms with Gasteiger partial charge < -0.3 is 10.2 Å². The first-order chi connectivity index (χ1) is 8.04. The molecule has 0 atom stereocenters. The van der Waals surface area contributed by atoms with Crippen molar-refractivity contribution in [1.82, 2.24) is 10.2 Å². The molecule has 0 aromatic heterocycles. The summed E-state index contributed by atoms with van der Waals surface area (Å²) in [4.78, 5) is 17.3. The Morgan fingerprint density at radius 1 is 1.35 bits per heavy atom. The average molecular weight is 256 g/mol. The number of hydrogen-bond acceptors (Lipinski definition) is 3. The molecule has 0 aliphatic carbocycles. The predicted molar refractivity (Wildman–Crippen MR) is 67.2 cm³/mol. The molecular formula is C11H14ClN3O2. The van der Waals surface area contributed by atoms with Crippen molar-refractivity contribution in [2.45, 2.75) is 0 Å². The SMILES string of the molecule is CNC(=O)O/N=C(/c1ccc(Cl)cc1)N(C)C. The number of carbonyl (C=O) groups excluding carboxylic acids is 1. The number of nitrogens with zero attached hydrogens (tertiary/aromatic N) is 2. The lowest BCUT2D eigenvalue weighted by molar-refractivity contribution is 0.151. The summed E-state index contributed by atoms with van der Waals surface area (Å²) in [6, 6.07) is 7.09. The van der Waals surface area contributed by atoms with E-state index in [1.807, 2.05) is 0 Å². The molecule has 0 saturated carbocycles. The number of carbonyl (C=O) groups is 1. The number of amides is 1. The van der Waals surface area contributed by atoms with Gasteiger partial charge in [0.25, 0.3) is 0 Å². The Bertz CT molecular complexity index is 415. The van der Waals surface area contributed by atoms with Crippen LogP contribution in [0, 0.1) is 0 Å². The minimum absolute atomic E-state index is 0.533. The summed E-state index contributed by atoms with van der Waals surface area (Å²) in [6.07, 6.45) is -0.613. The summed E-state index contributed by atoms with van der Waals surface area (Å²) in [5, 5.41) is 6.73. The fourth-order valence-corrected chi connectivity index (χ4v) is 1.25. The molecule has 0 unspecified atom stereocenters. The third-order valence-electron chi connectivity index (χ3n) is 1.95. The first-order valence-corrected chi connectivity index (χ1v) is 5.32. The topological polar surface area (TPSA) is 53.9 Å². The second-order valence-electron chi connectivity index (χ2n) is 3.44. The fourth-order valence-electron chi connectivity index (χ4n) is 1.12. The summed E-state index contributed by atoms with van der Waals surface area (Å²) >= 11 is 5.80. The highest BCUT2D eigenvalue weighted by molar-refractivity contribution is 6.30. The molecule has 0 saturated heterocycles. The molecule has 5 nitrogen and oxygen atoms in total. The zero-order valence-corrected chi connectivity index (χ0v) is 10.7. The van der Waals surface area contributed by atoms with E-state index >= 15 is 0 Å². The molecule has 0 fully saturated rings. The number of halogens is 1. The van der Waals surface area contributed by atoms with Gasteiger partial charge in [0.15, 0.2) is 5.84 Å². The molecular weight excluding hydrogens is 242 g/mol. The van der Waals surface area contributed by atoms with Gasteiger partial charge in [-0.15, -0.1) is 0 Å². The minimum atomic E-state index is -0.613. The maximum Gasteiger partial charge on any atom is 0.433 e. The smallest absolute Gasteiger partial charge is 0.360 e. The van der Waals surface area contributed by atoms with E-state index in [1.54, 1.807) is 43.3 Å². The van der Waals surface area contributed by atoms with Crippen molar-refractivity contribution in [1.29, 1.82) is 0 Å². The molecule has 0 radical (unpaired) electrons. The van der Waals surface area contributed by atoms with Crippen LogP contribution in [0.3, 0.4) is 0 Å². The Morgan fingerprint density at radius 3 is 2.41 bits per heavy atom. The monoisotopic (exact) mass is 255 g/mol. The molecule has 1 amide bonds. The Labute approximate surface area is 105 Å². The van der Waals surface area contributed by atoms with E-state index in [4.69, 9.17) is 11.6 Å². The van der Waals surface area contributed by atoms with Gasteiger partial charge in [-0.25, -0.2) is 4.79 Å². The van der Waals surface area contributed by atoms with Crippen LogP contribution in [-0.4, -0.2) is 38.0 Å². The van der Waals surface area contributed by atoms with Gasteiger partial charge in [-0.3, -0.25) is 4.84 Å². The van der Waals surface area contributed by atoms with E-state index < -0.39 is 6.09 Å². The van der Waals surface area contributed by atoms with E-state index in [9.17, 15) is 4.79 Å². The number of hydrogen-bond donors (Lipinski definition) is 1. The zero-order valence-electron chi connectivity index (χ0n) is 9.90. The van der Waals surface area contributed by atoms with E-state index in [1.165, 1.54) is 7.05 Å². The van der Waals surface area contributed by atoms with Crippen LogP contribution in [0.1, 0.15) is 5.56 Å². The number of amidine groups is 1. The van der Waals surface area contributed by atoms with Gasteiger partial charge in [0, 0.05) is 31.7 Å². The largest absolute Gasteiger partial charge is 0.433 e. The minimum Gasteiger partial charge on any atom is -0.360 e. The number of benzene rings is 1. The van der Waals surface area contributed by atoms with Gasteiger partial charge in [0.2, 0.25) is 0 Å². The molecule has 0 aliphatic rings. The molecule has 0 heterocycles. The zero-order chi connectivity index (χ0) is 12.8. The summed E-state index contributed by atoms with van der Waals surface area (Å²) in [5.41, 5.74) is 0.809. The summed E-state index contributed by atoms with van der Waals surface area (Å²) in [5.74, 6) is 0.533. The quantitative estimate of drug-likeness (QED) is 0.380. The Hall–Kier alpha value is -1.75. The maximum absolute atomic E-state index is 10.9. The van der Waals surface area contributed by atoms with Gasteiger partial charge in [-0.2, -0.15) is 0 Å². The molecule has 0 aliphatic heterocycles. The first-order valence-electron chi connectivity index (χ1n) is 4.94. The van der Waals surface area contributed by atoms with Crippen molar-refractivity contribution >= 4 is 23.5 Å². The van der Waals surface area contributed by atoms with Crippen molar-refractivity contribution in [2.75, 3.05) is 21.1 Å². The second kappa shape index (κ2) is 6.10. The molecule has 0 spiro atoms. The van der Waals surface area contributed by atoms with E-state index in [-0.39, 0.29) is 0 Å². The van der Waals surface area contributed by atoms with Crippen LogP contribution in [0.25, 0.3) is 0 Å².